The zero-order chi connectivity index (χ0) is 24.2. The van der Waals surface area contributed by atoms with Gasteiger partial charge in [-0.05, 0) is 43.2 Å². The Bertz CT molecular complexity index is 1270. The van der Waals surface area contributed by atoms with Gasteiger partial charge in [0.05, 0.1) is 11.8 Å². The molecular formula is C28H31N5O2. The van der Waals surface area contributed by atoms with E-state index in [-0.39, 0.29) is 5.91 Å². The summed E-state index contributed by atoms with van der Waals surface area (Å²) < 4.78 is 7.31. The van der Waals surface area contributed by atoms with Crippen molar-refractivity contribution >= 4 is 11.7 Å². The fourth-order valence-corrected chi connectivity index (χ4v) is 4.90. The first-order chi connectivity index (χ1) is 17.1. The Kier molecular flexibility index (Phi) is 6.66. The first-order valence-electron chi connectivity index (χ1n) is 12.2. The van der Waals surface area contributed by atoms with E-state index in [0.29, 0.717) is 22.9 Å². The predicted molar refractivity (Wildman–Crippen MR) is 136 cm³/mol. The topological polar surface area (TPSA) is 76.2 Å². The van der Waals surface area contributed by atoms with Crippen molar-refractivity contribution in [1.82, 2.24) is 19.8 Å². The number of rotatable bonds is 7. The van der Waals surface area contributed by atoms with E-state index in [0.717, 1.165) is 50.3 Å². The number of amides is 1. The molecule has 0 atom stereocenters. The van der Waals surface area contributed by atoms with E-state index in [2.05, 4.69) is 52.0 Å². The highest BCUT2D eigenvalue weighted by molar-refractivity contribution is 6.01. The van der Waals surface area contributed by atoms with Crippen molar-refractivity contribution in [2.24, 2.45) is 7.05 Å². The van der Waals surface area contributed by atoms with Crippen LogP contribution in [0.25, 0.3) is 11.3 Å². The summed E-state index contributed by atoms with van der Waals surface area (Å²) in [4.78, 5) is 15.5. The van der Waals surface area contributed by atoms with Crippen molar-refractivity contribution in [3.05, 3.63) is 89.3 Å². The summed E-state index contributed by atoms with van der Waals surface area (Å²) in [6.07, 6.45) is 4.54. The quantitative estimate of drug-likeness (QED) is 0.410. The van der Waals surface area contributed by atoms with E-state index >= 15 is 0 Å². The number of benzene rings is 2. The van der Waals surface area contributed by atoms with Gasteiger partial charge in [0.1, 0.15) is 22.8 Å². The van der Waals surface area contributed by atoms with Crippen LogP contribution in [0.3, 0.4) is 0 Å². The summed E-state index contributed by atoms with van der Waals surface area (Å²) in [5, 5.41) is 12.2. The second-order valence-electron chi connectivity index (χ2n) is 9.13. The van der Waals surface area contributed by atoms with Crippen LogP contribution in [0, 0.1) is 6.92 Å². The molecule has 0 radical (unpaired) electrons. The van der Waals surface area contributed by atoms with Crippen molar-refractivity contribution < 1.29 is 9.32 Å². The summed E-state index contributed by atoms with van der Waals surface area (Å²) in [6, 6.07) is 20.9. The van der Waals surface area contributed by atoms with Crippen LogP contribution in [0.5, 0.6) is 0 Å². The second-order valence-corrected chi connectivity index (χ2v) is 9.13. The summed E-state index contributed by atoms with van der Waals surface area (Å²) in [7, 11) is 1.89. The fraction of sp³-hybridized carbons (Fsp3) is 0.321. The predicted octanol–water partition coefficient (Wildman–Crippen LogP) is 5.06. The maximum Gasteiger partial charge on any atom is 0.259 e. The standard InChI is InChI=1S/C28H31N5O2/c1-20-25(28(34)33-17-14-23(15-18-33)22-11-7-4-8-12-22)26(31-35-20)24-19-30-32(2)27(24)29-16-13-21-9-5-3-6-10-21/h3-12,19,23,29H,13-18H2,1-2H3. The number of carbonyl (C=O) groups excluding carboxylic acids is 1. The first-order valence-corrected chi connectivity index (χ1v) is 12.2. The lowest BCUT2D eigenvalue weighted by molar-refractivity contribution is 0.0712. The van der Waals surface area contributed by atoms with Gasteiger partial charge in [-0.1, -0.05) is 65.8 Å². The van der Waals surface area contributed by atoms with E-state index in [1.165, 1.54) is 11.1 Å². The zero-order valence-electron chi connectivity index (χ0n) is 20.3. The Morgan fingerprint density at radius 3 is 2.46 bits per heavy atom. The third kappa shape index (κ3) is 4.85. The molecule has 1 saturated heterocycles. The van der Waals surface area contributed by atoms with Gasteiger partial charge in [0.2, 0.25) is 0 Å². The Balaban J connectivity index is 1.31. The molecule has 5 rings (SSSR count). The average Bonchev–Trinajstić information content (AvgIpc) is 3.46. The Hall–Kier alpha value is -3.87. The van der Waals surface area contributed by atoms with Crippen LogP contribution in [0.2, 0.25) is 0 Å². The van der Waals surface area contributed by atoms with Gasteiger partial charge in [-0.15, -0.1) is 0 Å². The maximum absolute atomic E-state index is 13.6. The van der Waals surface area contributed by atoms with E-state index in [1.54, 1.807) is 17.8 Å². The number of aryl methyl sites for hydroxylation is 2. The molecule has 2 aromatic carbocycles. The molecule has 0 unspecified atom stereocenters. The number of hydrogen-bond donors (Lipinski definition) is 1. The minimum absolute atomic E-state index is 0.0237. The fourth-order valence-electron chi connectivity index (χ4n) is 4.90. The Morgan fingerprint density at radius 1 is 1.06 bits per heavy atom. The number of nitrogens with one attached hydrogen (secondary N) is 1. The average molecular weight is 470 g/mol. The van der Waals surface area contributed by atoms with Crippen molar-refractivity contribution in [3.8, 4) is 11.3 Å². The third-order valence-electron chi connectivity index (χ3n) is 6.87. The molecule has 7 nitrogen and oxygen atoms in total. The summed E-state index contributed by atoms with van der Waals surface area (Å²) in [5.41, 5.74) is 4.47. The van der Waals surface area contributed by atoms with Crippen LogP contribution in [-0.2, 0) is 13.5 Å². The van der Waals surface area contributed by atoms with E-state index in [1.807, 2.05) is 36.2 Å². The molecule has 1 fully saturated rings. The van der Waals surface area contributed by atoms with Crippen molar-refractivity contribution in [2.45, 2.75) is 32.1 Å². The zero-order valence-corrected chi connectivity index (χ0v) is 20.3. The molecule has 1 N–H and O–H groups in total. The molecule has 7 heteroatoms. The van der Waals surface area contributed by atoms with Crippen LogP contribution >= 0.6 is 0 Å². The molecule has 0 spiro atoms. The van der Waals surface area contributed by atoms with Crippen molar-refractivity contribution in [3.63, 3.8) is 0 Å². The number of hydrogen-bond acceptors (Lipinski definition) is 5. The Labute approximate surface area is 205 Å². The molecule has 180 valence electrons. The SMILES string of the molecule is Cc1onc(-c2cnn(C)c2NCCc2ccccc2)c1C(=O)N1CCC(c2ccccc2)CC1. The van der Waals surface area contributed by atoms with Gasteiger partial charge in [0.25, 0.3) is 5.91 Å². The number of anilines is 1. The van der Waals surface area contributed by atoms with Crippen LogP contribution in [0.1, 0.15) is 46.0 Å². The smallest absolute Gasteiger partial charge is 0.259 e. The number of likely N-dealkylation sites (tertiary alicyclic amines) is 1. The monoisotopic (exact) mass is 469 g/mol. The highest BCUT2D eigenvalue weighted by Gasteiger charge is 2.31. The molecule has 3 heterocycles. The van der Waals surface area contributed by atoms with E-state index in [9.17, 15) is 4.79 Å². The van der Waals surface area contributed by atoms with Gasteiger partial charge in [0, 0.05) is 26.7 Å². The molecule has 1 amide bonds. The molecular weight excluding hydrogens is 438 g/mol. The number of carbonyl (C=O) groups is 1. The van der Waals surface area contributed by atoms with Gasteiger partial charge in [0.15, 0.2) is 0 Å². The third-order valence-corrected chi connectivity index (χ3v) is 6.87. The highest BCUT2D eigenvalue weighted by Crippen LogP contribution is 2.34. The molecule has 35 heavy (non-hydrogen) atoms. The van der Waals surface area contributed by atoms with Crippen LogP contribution < -0.4 is 5.32 Å². The Morgan fingerprint density at radius 2 is 1.74 bits per heavy atom. The molecule has 1 aliphatic heterocycles. The van der Waals surface area contributed by atoms with Gasteiger partial charge in [-0.3, -0.25) is 9.48 Å². The van der Waals surface area contributed by atoms with Gasteiger partial charge >= 0.3 is 0 Å². The molecule has 0 aliphatic carbocycles. The minimum atomic E-state index is -0.0237. The van der Waals surface area contributed by atoms with Crippen LogP contribution in [0.15, 0.2) is 71.4 Å². The lowest BCUT2D eigenvalue weighted by Crippen LogP contribution is -2.38. The largest absolute Gasteiger partial charge is 0.369 e. The summed E-state index contributed by atoms with van der Waals surface area (Å²) in [6.45, 7) is 3.98. The van der Waals surface area contributed by atoms with E-state index < -0.39 is 0 Å². The lowest BCUT2D eigenvalue weighted by Gasteiger charge is -2.32. The van der Waals surface area contributed by atoms with Gasteiger partial charge in [-0.25, -0.2) is 0 Å². The molecule has 0 bridgehead atoms. The number of aromatic nitrogens is 3. The molecule has 1 aliphatic rings. The highest BCUT2D eigenvalue weighted by atomic mass is 16.5. The minimum Gasteiger partial charge on any atom is -0.369 e. The van der Waals surface area contributed by atoms with Gasteiger partial charge < -0.3 is 14.7 Å². The van der Waals surface area contributed by atoms with Crippen molar-refractivity contribution in [2.75, 3.05) is 25.0 Å². The summed E-state index contributed by atoms with van der Waals surface area (Å²) >= 11 is 0. The van der Waals surface area contributed by atoms with E-state index in [4.69, 9.17) is 4.52 Å². The second kappa shape index (κ2) is 10.2. The number of piperidine rings is 1. The van der Waals surface area contributed by atoms with Crippen LogP contribution in [0.4, 0.5) is 5.82 Å². The lowest BCUT2D eigenvalue weighted by atomic mass is 9.89. The number of nitrogens with zero attached hydrogens (tertiary/aromatic N) is 4. The summed E-state index contributed by atoms with van der Waals surface area (Å²) in [5.74, 6) is 1.83. The maximum atomic E-state index is 13.6. The molecule has 4 aromatic rings. The molecule has 2 aromatic heterocycles. The van der Waals surface area contributed by atoms with Gasteiger partial charge in [-0.2, -0.15) is 5.10 Å². The first kappa shape index (κ1) is 22.9. The van der Waals surface area contributed by atoms with Crippen LogP contribution in [-0.4, -0.2) is 45.4 Å². The van der Waals surface area contributed by atoms with Crippen molar-refractivity contribution in [1.29, 1.82) is 0 Å². The normalized spacial score (nSPS) is 14.3. The molecule has 0 saturated carbocycles.